The number of benzene rings is 1. The minimum atomic E-state index is -1.01. The molecule has 0 bridgehead atoms. The van der Waals surface area contributed by atoms with Crippen molar-refractivity contribution >= 4 is 27.9 Å². The van der Waals surface area contributed by atoms with Crippen molar-refractivity contribution in [1.82, 2.24) is 10.6 Å². The molecule has 0 saturated carbocycles. The van der Waals surface area contributed by atoms with Gasteiger partial charge in [0.1, 0.15) is 6.04 Å². The zero-order valence-electron chi connectivity index (χ0n) is 12.2. The summed E-state index contributed by atoms with van der Waals surface area (Å²) < 4.78 is 1.01. The van der Waals surface area contributed by atoms with E-state index in [1.54, 1.807) is 0 Å². The third kappa shape index (κ3) is 7.13. The Labute approximate surface area is 133 Å². The topological polar surface area (TPSA) is 78.4 Å². The van der Waals surface area contributed by atoms with E-state index in [1.165, 1.54) is 0 Å². The van der Waals surface area contributed by atoms with Gasteiger partial charge in [0.05, 0.1) is 0 Å². The van der Waals surface area contributed by atoms with Crippen LogP contribution in [0.2, 0.25) is 0 Å². The van der Waals surface area contributed by atoms with Gasteiger partial charge >= 0.3 is 12.0 Å². The molecule has 3 N–H and O–H groups in total. The summed E-state index contributed by atoms with van der Waals surface area (Å²) in [5.41, 5.74) is 1.11. The summed E-state index contributed by atoms with van der Waals surface area (Å²) in [6, 6.07) is 6.54. The van der Waals surface area contributed by atoms with Crippen LogP contribution in [0.25, 0.3) is 0 Å². The van der Waals surface area contributed by atoms with Crippen LogP contribution in [-0.4, -0.2) is 29.7 Å². The van der Waals surface area contributed by atoms with E-state index in [9.17, 15) is 9.59 Å². The van der Waals surface area contributed by atoms with Gasteiger partial charge in [0.25, 0.3) is 0 Å². The molecule has 0 saturated heterocycles. The Morgan fingerprint density at radius 3 is 2.38 bits per heavy atom. The predicted octanol–water partition coefficient (Wildman–Crippen LogP) is 2.79. The molecule has 1 unspecified atom stereocenters. The number of urea groups is 1. The molecule has 5 nitrogen and oxygen atoms in total. The number of carboxylic acids is 1. The van der Waals surface area contributed by atoms with Crippen molar-refractivity contribution in [1.29, 1.82) is 0 Å². The molecule has 0 aromatic heterocycles. The monoisotopic (exact) mass is 356 g/mol. The third-order valence-electron chi connectivity index (χ3n) is 2.92. The maximum Gasteiger partial charge on any atom is 0.326 e. The first-order valence-electron chi connectivity index (χ1n) is 6.90. The van der Waals surface area contributed by atoms with E-state index in [-0.39, 0.29) is 5.92 Å². The minimum absolute atomic E-state index is 0.203. The first kappa shape index (κ1) is 17.5. The quantitative estimate of drug-likeness (QED) is 0.702. The predicted molar refractivity (Wildman–Crippen MR) is 85.3 cm³/mol. The van der Waals surface area contributed by atoms with Crippen molar-refractivity contribution in [3.05, 3.63) is 34.3 Å². The van der Waals surface area contributed by atoms with Crippen LogP contribution in [0.4, 0.5) is 4.79 Å². The zero-order valence-corrected chi connectivity index (χ0v) is 13.8. The van der Waals surface area contributed by atoms with Crippen molar-refractivity contribution in [2.75, 3.05) is 6.54 Å². The summed E-state index contributed by atoms with van der Waals surface area (Å²) in [5.74, 6) is -0.805. The van der Waals surface area contributed by atoms with E-state index >= 15 is 0 Å². The Morgan fingerprint density at radius 2 is 1.86 bits per heavy atom. The number of carboxylic acid groups (broad SMARTS) is 1. The first-order chi connectivity index (χ1) is 9.88. The lowest BCUT2D eigenvalue weighted by atomic mass is 10.0. The smallest absolute Gasteiger partial charge is 0.326 e. The van der Waals surface area contributed by atoms with Crippen LogP contribution in [0.5, 0.6) is 0 Å². The van der Waals surface area contributed by atoms with Gasteiger partial charge in [-0.15, -0.1) is 0 Å². The van der Waals surface area contributed by atoms with E-state index in [4.69, 9.17) is 5.11 Å². The number of halogens is 1. The lowest BCUT2D eigenvalue weighted by molar-refractivity contribution is -0.139. The highest BCUT2D eigenvalue weighted by molar-refractivity contribution is 9.10. The highest BCUT2D eigenvalue weighted by Gasteiger charge is 2.20. The highest BCUT2D eigenvalue weighted by Crippen LogP contribution is 2.10. The Morgan fingerprint density at radius 1 is 1.24 bits per heavy atom. The van der Waals surface area contributed by atoms with Gasteiger partial charge in [-0.1, -0.05) is 41.9 Å². The number of aliphatic carboxylic acids is 1. The molecule has 1 rings (SSSR count). The third-order valence-corrected chi connectivity index (χ3v) is 3.45. The fourth-order valence-electron chi connectivity index (χ4n) is 1.87. The Balaban J connectivity index is 2.35. The minimum Gasteiger partial charge on any atom is -0.480 e. The molecule has 0 aliphatic heterocycles. The zero-order chi connectivity index (χ0) is 15.8. The van der Waals surface area contributed by atoms with E-state index < -0.39 is 18.0 Å². The molecule has 0 radical (unpaired) electrons. The van der Waals surface area contributed by atoms with Gasteiger partial charge in [0.15, 0.2) is 0 Å². The lowest BCUT2D eigenvalue weighted by Crippen LogP contribution is -2.47. The van der Waals surface area contributed by atoms with E-state index in [0.717, 1.165) is 10.0 Å². The van der Waals surface area contributed by atoms with E-state index in [0.29, 0.717) is 19.4 Å². The number of amides is 2. The molecule has 0 heterocycles. The molecule has 2 amide bonds. The Kier molecular flexibility index (Phi) is 7.22. The fraction of sp³-hybridized carbons (Fsp3) is 0.467. The lowest BCUT2D eigenvalue weighted by Gasteiger charge is -2.16. The SMILES string of the molecule is CC(C)CC(NC(=O)NCCc1ccc(Br)cc1)C(=O)O. The maximum atomic E-state index is 11.7. The number of rotatable bonds is 7. The molecule has 0 aliphatic rings. The largest absolute Gasteiger partial charge is 0.480 e. The van der Waals surface area contributed by atoms with Gasteiger partial charge in [-0.25, -0.2) is 9.59 Å². The molecular weight excluding hydrogens is 336 g/mol. The summed E-state index contributed by atoms with van der Waals surface area (Å²) in [6.45, 7) is 4.30. The van der Waals surface area contributed by atoms with Crippen LogP contribution in [0.15, 0.2) is 28.7 Å². The van der Waals surface area contributed by atoms with Gasteiger partial charge in [-0.05, 0) is 36.5 Å². The second-order valence-corrected chi connectivity index (χ2v) is 6.21. The molecule has 1 atom stereocenters. The van der Waals surface area contributed by atoms with Crippen molar-refractivity contribution < 1.29 is 14.7 Å². The highest BCUT2D eigenvalue weighted by atomic mass is 79.9. The van der Waals surface area contributed by atoms with Crippen LogP contribution in [0.3, 0.4) is 0 Å². The normalized spacial score (nSPS) is 12.0. The fourth-order valence-corrected chi connectivity index (χ4v) is 2.14. The molecular formula is C15H21BrN2O3. The molecule has 6 heteroatoms. The number of hydrogen-bond donors (Lipinski definition) is 3. The standard InChI is InChI=1S/C15H21BrN2O3/c1-10(2)9-13(14(19)20)18-15(21)17-8-7-11-3-5-12(16)6-4-11/h3-6,10,13H,7-9H2,1-2H3,(H,19,20)(H2,17,18,21). The molecule has 1 aromatic rings. The average Bonchev–Trinajstić information content (AvgIpc) is 2.39. The number of carbonyl (C=O) groups is 2. The van der Waals surface area contributed by atoms with Crippen molar-refractivity contribution in [3.63, 3.8) is 0 Å². The summed E-state index contributed by atoms with van der Waals surface area (Å²) in [5, 5.41) is 14.2. The number of hydrogen-bond acceptors (Lipinski definition) is 2. The molecule has 1 aromatic carbocycles. The Hall–Kier alpha value is -1.56. The average molecular weight is 357 g/mol. The van der Waals surface area contributed by atoms with Crippen molar-refractivity contribution in [2.24, 2.45) is 5.92 Å². The summed E-state index contributed by atoms with van der Waals surface area (Å²) >= 11 is 3.36. The van der Waals surface area contributed by atoms with Crippen molar-refractivity contribution in [2.45, 2.75) is 32.7 Å². The van der Waals surface area contributed by atoms with Gasteiger partial charge in [-0.2, -0.15) is 0 Å². The van der Waals surface area contributed by atoms with Crippen LogP contribution in [0.1, 0.15) is 25.8 Å². The van der Waals surface area contributed by atoms with Gasteiger partial charge in [-0.3, -0.25) is 0 Å². The van der Waals surface area contributed by atoms with E-state index in [1.807, 2.05) is 38.1 Å². The summed E-state index contributed by atoms with van der Waals surface area (Å²) in [6.07, 6.45) is 1.11. The van der Waals surface area contributed by atoms with Crippen LogP contribution in [0, 0.1) is 5.92 Å². The second-order valence-electron chi connectivity index (χ2n) is 5.30. The molecule has 21 heavy (non-hydrogen) atoms. The van der Waals surface area contributed by atoms with Crippen LogP contribution >= 0.6 is 15.9 Å². The summed E-state index contributed by atoms with van der Waals surface area (Å²) in [4.78, 5) is 22.7. The maximum absolute atomic E-state index is 11.7. The van der Waals surface area contributed by atoms with Crippen molar-refractivity contribution in [3.8, 4) is 0 Å². The van der Waals surface area contributed by atoms with Gasteiger partial charge in [0.2, 0.25) is 0 Å². The second kappa shape index (κ2) is 8.67. The molecule has 0 fully saturated rings. The molecule has 0 aliphatic carbocycles. The first-order valence-corrected chi connectivity index (χ1v) is 7.69. The van der Waals surface area contributed by atoms with Crippen LogP contribution in [-0.2, 0) is 11.2 Å². The molecule has 116 valence electrons. The van der Waals surface area contributed by atoms with Gasteiger partial charge in [0, 0.05) is 11.0 Å². The number of nitrogens with one attached hydrogen (secondary N) is 2. The number of carbonyl (C=O) groups excluding carboxylic acids is 1. The van der Waals surface area contributed by atoms with E-state index in [2.05, 4.69) is 26.6 Å². The molecule has 0 spiro atoms. The summed E-state index contributed by atoms with van der Waals surface area (Å²) in [7, 11) is 0. The van der Waals surface area contributed by atoms with Gasteiger partial charge < -0.3 is 15.7 Å². The van der Waals surface area contributed by atoms with Crippen LogP contribution < -0.4 is 10.6 Å². The Bertz CT molecular complexity index is 474.